The zero-order valence-electron chi connectivity index (χ0n) is 14.7. The standard InChI is InChI=1S/C19H23FN4O2/c1-23-8-7-21-18(23)19(26)10-15-5-6-16(11-19)24(15)12-17(25)22-14-4-2-3-13(20)9-14/h2-4,7-9,15-16,26H,5-6,10-12H2,1H3,(H,22,25)/t15-,16-/m1/s1. The Morgan fingerprint density at radius 2 is 2.12 bits per heavy atom. The van der Waals surface area contributed by atoms with Crippen molar-refractivity contribution >= 4 is 11.6 Å². The van der Waals surface area contributed by atoms with Gasteiger partial charge in [-0.1, -0.05) is 6.07 Å². The Kier molecular flexibility index (Phi) is 4.28. The van der Waals surface area contributed by atoms with E-state index in [1.807, 2.05) is 17.8 Å². The molecule has 6 nitrogen and oxygen atoms in total. The average molecular weight is 358 g/mol. The van der Waals surface area contributed by atoms with Gasteiger partial charge >= 0.3 is 0 Å². The first-order chi connectivity index (χ1) is 12.4. The third kappa shape index (κ3) is 3.12. The van der Waals surface area contributed by atoms with E-state index >= 15 is 0 Å². The fourth-order valence-corrected chi connectivity index (χ4v) is 4.50. The average Bonchev–Trinajstić information content (AvgIpc) is 3.10. The van der Waals surface area contributed by atoms with Gasteiger partial charge in [0.2, 0.25) is 5.91 Å². The van der Waals surface area contributed by atoms with Gasteiger partial charge in [0, 0.05) is 37.2 Å². The van der Waals surface area contributed by atoms with E-state index in [1.165, 1.54) is 12.1 Å². The fraction of sp³-hybridized carbons (Fsp3) is 0.474. The van der Waals surface area contributed by atoms with E-state index < -0.39 is 5.60 Å². The van der Waals surface area contributed by atoms with Crippen molar-refractivity contribution < 1.29 is 14.3 Å². The lowest BCUT2D eigenvalue weighted by molar-refractivity contribution is -0.121. The number of aromatic nitrogens is 2. The van der Waals surface area contributed by atoms with Crippen molar-refractivity contribution in [3.05, 3.63) is 48.3 Å². The Morgan fingerprint density at radius 3 is 2.73 bits per heavy atom. The summed E-state index contributed by atoms with van der Waals surface area (Å²) in [6, 6.07) is 6.19. The van der Waals surface area contributed by atoms with Crippen LogP contribution in [0.3, 0.4) is 0 Å². The second-order valence-corrected chi connectivity index (χ2v) is 7.42. The second-order valence-electron chi connectivity index (χ2n) is 7.42. The summed E-state index contributed by atoms with van der Waals surface area (Å²) in [5, 5.41) is 13.9. The van der Waals surface area contributed by atoms with E-state index in [0.29, 0.717) is 24.4 Å². The van der Waals surface area contributed by atoms with Crippen molar-refractivity contribution in [2.45, 2.75) is 43.4 Å². The fourth-order valence-electron chi connectivity index (χ4n) is 4.50. The number of nitrogens with zero attached hydrogens (tertiary/aromatic N) is 3. The van der Waals surface area contributed by atoms with Crippen LogP contribution in [0.25, 0.3) is 0 Å². The quantitative estimate of drug-likeness (QED) is 0.877. The first-order valence-electron chi connectivity index (χ1n) is 8.96. The van der Waals surface area contributed by atoms with Crippen LogP contribution in [0.15, 0.2) is 36.7 Å². The molecule has 26 heavy (non-hydrogen) atoms. The van der Waals surface area contributed by atoms with Crippen LogP contribution < -0.4 is 5.32 Å². The minimum absolute atomic E-state index is 0.147. The van der Waals surface area contributed by atoms with E-state index in [0.717, 1.165) is 12.8 Å². The van der Waals surface area contributed by atoms with E-state index in [4.69, 9.17) is 0 Å². The van der Waals surface area contributed by atoms with Gasteiger partial charge in [-0.05, 0) is 43.9 Å². The highest BCUT2D eigenvalue weighted by Gasteiger charge is 2.50. The molecule has 3 heterocycles. The molecule has 138 valence electrons. The highest BCUT2D eigenvalue weighted by Crippen LogP contribution is 2.44. The Hall–Kier alpha value is -2.25. The number of amides is 1. The maximum absolute atomic E-state index is 13.3. The molecular formula is C19H23FN4O2. The van der Waals surface area contributed by atoms with Crippen molar-refractivity contribution in [3.63, 3.8) is 0 Å². The summed E-state index contributed by atoms with van der Waals surface area (Å²) in [6.45, 7) is 0.252. The minimum atomic E-state index is -0.945. The number of carbonyl (C=O) groups is 1. The number of imidazole rings is 1. The number of aryl methyl sites for hydroxylation is 1. The number of halogens is 1. The normalized spacial score (nSPS) is 28.3. The van der Waals surface area contributed by atoms with E-state index in [-0.39, 0.29) is 30.4 Å². The molecule has 2 N–H and O–H groups in total. The third-order valence-corrected chi connectivity index (χ3v) is 5.59. The number of benzene rings is 1. The molecule has 2 aliphatic rings. The van der Waals surface area contributed by atoms with Crippen LogP contribution in [0.1, 0.15) is 31.5 Å². The molecule has 2 aromatic rings. The van der Waals surface area contributed by atoms with Crippen molar-refractivity contribution in [1.29, 1.82) is 0 Å². The molecule has 0 spiro atoms. The molecule has 4 rings (SSSR count). The summed E-state index contributed by atoms with van der Waals surface area (Å²) in [4.78, 5) is 18.9. The predicted molar refractivity (Wildman–Crippen MR) is 94.9 cm³/mol. The van der Waals surface area contributed by atoms with Crippen molar-refractivity contribution in [2.75, 3.05) is 11.9 Å². The van der Waals surface area contributed by atoms with Crippen LogP contribution in [-0.2, 0) is 17.4 Å². The van der Waals surface area contributed by atoms with Gasteiger partial charge in [-0.3, -0.25) is 9.69 Å². The summed E-state index contributed by atoms with van der Waals surface area (Å²) >= 11 is 0. The lowest BCUT2D eigenvalue weighted by atomic mass is 9.85. The number of fused-ring (bicyclic) bond motifs is 2. The Labute approximate surface area is 151 Å². The lowest BCUT2D eigenvalue weighted by Crippen LogP contribution is -2.52. The molecule has 2 bridgehead atoms. The molecule has 1 aromatic heterocycles. The molecule has 7 heteroatoms. The first kappa shape index (κ1) is 17.2. The van der Waals surface area contributed by atoms with Gasteiger partial charge in [0.05, 0.1) is 6.54 Å². The van der Waals surface area contributed by atoms with Crippen molar-refractivity contribution in [1.82, 2.24) is 14.5 Å². The smallest absolute Gasteiger partial charge is 0.238 e. The molecule has 2 atom stereocenters. The number of aliphatic hydroxyl groups is 1. The number of hydrogen-bond acceptors (Lipinski definition) is 4. The molecule has 0 unspecified atom stereocenters. The van der Waals surface area contributed by atoms with Gasteiger partial charge in [-0.15, -0.1) is 0 Å². The summed E-state index contributed by atoms with van der Waals surface area (Å²) in [7, 11) is 1.89. The molecule has 0 saturated carbocycles. The number of nitrogens with one attached hydrogen (secondary N) is 1. The van der Waals surface area contributed by atoms with Gasteiger partial charge in [0.1, 0.15) is 17.2 Å². The van der Waals surface area contributed by atoms with Crippen LogP contribution >= 0.6 is 0 Å². The third-order valence-electron chi connectivity index (χ3n) is 5.59. The van der Waals surface area contributed by atoms with E-state index in [1.54, 1.807) is 18.3 Å². The lowest BCUT2D eigenvalue weighted by Gasteiger charge is -2.43. The van der Waals surface area contributed by atoms with Crippen LogP contribution in [-0.4, -0.2) is 44.1 Å². The Balaban J connectivity index is 1.44. The van der Waals surface area contributed by atoms with Gasteiger partial charge in [-0.2, -0.15) is 0 Å². The number of anilines is 1. The van der Waals surface area contributed by atoms with Crippen molar-refractivity contribution in [2.24, 2.45) is 7.05 Å². The number of piperidine rings is 1. The predicted octanol–water partition coefficient (Wildman–Crippen LogP) is 2.01. The molecule has 2 fully saturated rings. The Bertz CT molecular complexity index is 807. The maximum atomic E-state index is 13.3. The molecular weight excluding hydrogens is 335 g/mol. The summed E-state index contributed by atoms with van der Waals surface area (Å²) in [5.74, 6) is 0.161. The van der Waals surface area contributed by atoms with Crippen LogP contribution in [0, 0.1) is 5.82 Å². The highest BCUT2D eigenvalue weighted by atomic mass is 19.1. The van der Waals surface area contributed by atoms with Crippen LogP contribution in [0.5, 0.6) is 0 Å². The topological polar surface area (TPSA) is 70.4 Å². The van der Waals surface area contributed by atoms with Crippen LogP contribution in [0.4, 0.5) is 10.1 Å². The van der Waals surface area contributed by atoms with E-state index in [2.05, 4.69) is 15.2 Å². The molecule has 1 aromatic carbocycles. The molecule has 2 saturated heterocycles. The van der Waals surface area contributed by atoms with Gasteiger partial charge in [-0.25, -0.2) is 9.37 Å². The number of rotatable bonds is 4. The van der Waals surface area contributed by atoms with Gasteiger partial charge in [0.15, 0.2) is 0 Å². The SMILES string of the molecule is Cn1ccnc1C1(O)C[C@H]2CC[C@H](C1)N2CC(=O)Nc1cccc(F)c1. The summed E-state index contributed by atoms with van der Waals surface area (Å²) in [6.07, 6.45) is 6.61. The molecule has 0 aliphatic carbocycles. The van der Waals surface area contributed by atoms with Gasteiger partial charge in [0.25, 0.3) is 0 Å². The van der Waals surface area contributed by atoms with Gasteiger partial charge < -0.3 is 15.0 Å². The monoisotopic (exact) mass is 358 g/mol. The molecule has 2 aliphatic heterocycles. The number of carbonyl (C=O) groups excluding carboxylic acids is 1. The van der Waals surface area contributed by atoms with E-state index in [9.17, 15) is 14.3 Å². The summed E-state index contributed by atoms with van der Waals surface area (Å²) < 4.78 is 15.1. The zero-order chi connectivity index (χ0) is 18.3. The Morgan fingerprint density at radius 1 is 1.38 bits per heavy atom. The number of hydrogen-bond donors (Lipinski definition) is 2. The highest BCUT2D eigenvalue weighted by molar-refractivity contribution is 5.92. The molecule has 1 amide bonds. The molecule has 0 radical (unpaired) electrons. The minimum Gasteiger partial charge on any atom is -0.382 e. The maximum Gasteiger partial charge on any atom is 0.238 e. The zero-order valence-corrected chi connectivity index (χ0v) is 14.7. The van der Waals surface area contributed by atoms with Crippen molar-refractivity contribution in [3.8, 4) is 0 Å². The second kappa shape index (κ2) is 6.48. The largest absolute Gasteiger partial charge is 0.382 e. The van der Waals surface area contributed by atoms with Crippen LogP contribution in [0.2, 0.25) is 0 Å². The first-order valence-corrected chi connectivity index (χ1v) is 8.96. The summed E-state index contributed by atoms with van der Waals surface area (Å²) in [5.41, 5.74) is -0.483.